The van der Waals surface area contributed by atoms with E-state index in [-0.39, 0.29) is 0 Å². The summed E-state index contributed by atoms with van der Waals surface area (Å²) in [6.45, 7) is -1.64. The van der Waals surface area contributed by atoms with Crippen LogP contribution in [0.5, 0.6) is 0 Å². The third kappa shape index (κ3) is 2.77. The summed E-state index contributed by atoms with van der Waals surface area (Å²) in [6.07, 6.45) is -5.17. The molecule has 1 aliphatic heterocycles. The first-order chi connectivity index (χ1) is 7.22. The van der Waals surface area contributed by atoms with Gasteiger partial charge >= 0.3 is 7.82 Å². The molecular formula is C6H13O9P. The van der Waals surface area contributed by atoms with E-state index in [1.165, 1.54) is 0 Å². The van der Waals surface area contributed by atoms with Gasteiger partial charge in [-0.2, -0.15) is 0 Å². The molecular weight excluding hydrogens is 247 g/mol. The minimum Gasteiger partial charge on any atom is -0.391 e. The number of aliphatic hydroxyl groups excluding tert-OH is 4. The molecule has 1 aliphatic rings. The van der Waals surface area contributed by atoms with Gasteiger partial charge in [0.2, 0.25) is 5.79 Å². The lowest BCUT2D eigenvalue weighted by molar-refractivity contribution is -0.322. The quantitative estimate of drug-likeness (QED) is 0.289. The Morgan fingerprint density at radius 3 is 2.38 bits per heavy atom. The smallest absolute Gasteiger partial charge is 0.391 e. The van der Waals surface area contributed by atoms with Crippen LogP contribution in [0.15, 0.2) is 0 Å². The lowest BCUT2D eigenvalue weighted by Gasteiger charge is -2.43. The molecule has 1 saturated heterocycles. The third-order valence-electron chi connectivity index (χ3n) is 2.16. The molecule has 0 radical (unpaired) electrons. The Bertz CT molecular complexity index is 290. The fourth-order valence-corrected chi connectivity index (χ4v) is 1.95. The van der Waals surface area contributed by atoms with Gasteiger partial charge in [0.05, 0.1) is 6.61 Å². The zero-order chi connectivity index (χ0) is 12.6. The third-order valence-corrected chi connectivity index (χ3v) is 2.71. The number of hydrogen-bond acceptors (Lipinski definition) is 7. The fourth-order valence-electron chi connectivity index (χ4n) is 1.33. The van der Waals surface area contributed by atoms with E-state index < -0.39 is 45.1 Å². The van der Waals surface area contributed by atoms with Crippen molar-refractivity contribution < 1.29 is 44.0 Å². The van der Waals surface area contributed by atoms with Gasteiger partial charge in [-0.1, -0.05) is 0 Å². The Kier molecular flexibility index (Phi) is 4.06. The highest BCUT2D eigenvalue weighted by Gasteiger charge is 2.53. The average molecular weight is 260 g/mol. The van der Waals surface area contributed by atoms with Crippen molar-refractivity contribution in [2.75, 3.05) is 13.2 Å². The molecule has 16 heavy (non-hydrogen) atoms. The van der Waals surface area contributed by atoms with Gasteiger partial charge in [0.25, 0.3) is 0 Å². The van der Waals surface area contributed by atoms with Crippen LogP contribution in [0.4, 0.5) is 0 Å². The van der Waals surface area contributed by atoms with Gasteiger partial charge in [0, 0.05) is 0 Å². The minimum absolute atomic E-state index is 0.543. The zero-order valence-corrected chi connectivity index (χ0v) is 8.90. The lowest BCUT2D eigenvalue weighted by atomic mass is 9.98. The molecule has 0 aliphatic carbocycles. The van der Waals surface area contributed by atoms with Crippen LogP contribution in [0.25, 0.3) is 0 Å². The Labute approximate surface area is 90.1 Å². The monoisotopic (exact) mass is 260 g/mol. The summed E-state index contributed by atoms with van der Waals surface area (Å²) < 4.78 is 19.4. The predicted molar refractivity (Wildman–Crippen MR) is 46.9 cm³/mol. The van der Waals surface area contributed by atoms with Gasteiger partial charge < -0.3 is 34.9 Å². The molecule has 1 fully saturated rings. The molecule has 4 atom stereocenters. The second-order valence-corrected chi connectivity index (χ2v) is 4.53. The zero-order valence-electron chi connectivity index (χ0n) is 8.00. The second kappa shape index (κ2) is 4.65. The van der Waals surface area contributed by atoms with Crippen LogP contribution in [-0.4, -0.2) is 67.5 Å². The molecule has 0 aromatic heterocycles. The standard InChI is InChI=1S/C6H13O9P/c7-2-6(15-16(11,12)13)5(10)4(9)3(8)1-14-6/h3-5,7-10H,1-2H2,(H2,11,12,13)/t3-,4+,5-,6?/m0/s1. The van der Waals surface area contributed by atoms with E-state index in [2.05, 4.69) is 9.26 Å². The molecule has 6 N–H and O–H groups in total. The van der Waals surface area contributed by atoms with Crippen molar-refractivity contribution in [3.05, 3.63) is 0 Å². The van der Waals surface area contributed by atoms with E-state index in [0.717, 1.165) is 0 Å². The first-order valence-corrected chi connectivity index (χ1v) is 5.80. The molecule has 10 heteroatoms. The SMILES string of the molecule is O=P(O)(O)OC1(CO)OC[C@H](O)[C@@H](O)[C@@H]1O. The molecule has 0 saturated carbocycles. The highest BCUT2D eigenvalue weighted by atomic mass is 31.2. The van der Waals surface area contributed by atoms with Crippen molar-refractivity contribution in [1.29, 1.82) is 0 Å². The van der Waals surface area contributed by atoms with E-state index in [4.69, 9.17) is 20.0 Å². The predicted octanol–water partition coefficient (Wildman–Crippen LogP) is -3.10. The minimum atomic E-state index is -5.04. The molecule has 0 bridgehead atoms. The van der Waals surface area contributed by atoms with E-state index >= 15 is 0 Å². The van der Waals surface area contributed by atoms with Crippen LogP contribution in [0, 0.1) is 0 Å². The first-order valence-electron chi connectivity index (χ1n) is 4.27. The fraction of sp³-hybridized carbons (Fsp3) is 1.00. The molecule has 1 rings (SSSR count). The number of phosphoric ester groups is 1. The van der Waals surface area contributed by atoms with Crippen LogP contribution >= 0.6 is 7.82 Å². The maximum absolute atomic E-state index is 10.6. The van der Waals surface area contributed by atoms with Gasteiger partial charge in [-0.05, 0) is 0 Å². The van der Waals surface area contributed by atoms with Gasteiger partial charge in [-0.3, -0.25) is 0 Å². The number of ether oxygens (including phenoxy) is 1. The summed E-state index contributed by atoms with van der Waals surface area (Å²) in [4.78, 5) is 17.2. The van der Waals surface area contributed by atoms with Crippen LogP contribution in [0.2, 0.25) is 0 Å². The van der Waals surface area contributed by atoms with Crippen molar-refractivity contribution in [3.8, 4) is 0 Å². The molecule has 0 aromatic rings. The molecule has 9 nitrogen and oxygen atoms in total. The maximum Gasteiger partial charge on any atom is 0.472 e. The van der Waals surface area contributed by atoms with Gasteiger partial charge in [0.15, 0.2) is 0 Å². The van der Waals surface area contributed by atoms with Gasteiger partial charge in [-0.25, -0.2) is 9.09 Å². The molecule has 0 aromatic carbocycles. The van der Waals surface area contributed by atoms with E-state index in [1.54, 1.807) is 0 Å². The second-order valence-electron chi connectivity index (χ2n) is 3.37. The van der Waals surface area contributed by atoms with Crippen molar-refractivity contribution in [3.63, 3.8) is 0 Å². The van der Waals surface area contributed by atoms with E-state index in [1.807, 2.05) is 0 Å². The van der Waals surface area contributed by atoms with E-state index in [0.29, 0.717) is 0 Å². The van der Waals surface area contributed by atoms with Gasteiger partial charge in [0.1, 0.15) is 24.9 Å². The number of rotatable bonds is 3. The lowest BCUT2D eigenvalue weighted by Crippen LogP contribution is -2.63. The van der Waals surface area contributed by atoms with Crippen LogP contribution in [0.1, 0.15) is 0 Å². The summed E-state index contributed by atoms with van der Waals surface area (Å²) >= 11 is 0. The van der Waals surface area contributed by atoms with Gasteiger partial charge in [-0.15, -0.1) is 0 Å². The number of aliphatic hydroxyl groups is 4. The molecule has 1 heterocycles. The molecule has 96 valence electrons. The molecule has 1 unspecified atom stereocenters. The highest BCUT2D eigenvalue weighted by molar-refractivity contribution is 7.46. The average Bonchev–Trinajstić information content (AvgIpc) is 2.18. The normalized spacial score (nSPS) is 41.0. The van der Waals surface area contributed by atoms with Crippen LogP contribution in [-0.2, 0) is 13.8 Å². The van der Waals surface area contributed by atoms with Crippen LogP contribution in [0.3, 0.4) is 0 Å². The Morgan fingerprint density at radius 2 is 1.94 bits per heavy atom. The summed E-state index contributed by atoms with van der Waals surface area (Å²) in [5.74, 6) is -2.45. The topological polar surface area (TPSA) is 157 Å². The maximum atomic E-state index is 10.6. The number of phosphoric acid groups is 1. The Hall–Kier alpha value is -0.0900. The Morgan fingerprint density at radius 1 is 1.38 bits per heavy atom. The van der Waals surface area contributed by atoms with Crippen molar-refractivity contribution in [2.45, 2.75) is 24.1 Å². The largest absolute Gasteiger partial charge is 0.472 e. The first kappa shape index (κ1) is 14.0. The van der Waals surface area contributed by atoms with Crippen molar-refractivity contribution in [2.24, 2.45) is 0 Å². The van der Waals surface area contributed by atoms with E-state index in [9.17, 15) is 14.8 Å². The molecule has 0 amide bonds. The number of hydrogen-bond donors (Lipinski definition) is 6. The van der Waals surface area contributed by atoms with Crippen molar-refractivity contribution in [1.82, 2.24) is 0 Å². The summed E-state index contributed by atoms with van der Waals surface area (Å²) in [7, 11) is -5.04. The summed E-state index contributed by atoms with van der Waals surface area (Å²) in [5, 5.41) is 36.8. The highest BCUT2D eigenvalue weighted by Crippen LogP contribution is 2.44. The Balaban J connectivity index is 2.91. The van der Waals surface area contributed by atoms with Crippen molar-refractivity contribution >= 4 is 7.82 Å². The van der Waals surface area contributed by atoms with Crippen LogP contribution < -0.4 is 0 Å². The summed E-state index contributed by atoms with van der Waals surface area (Å²) in [6, 6.07) is 0. The summed E-state index contributed by atoms with van der Waals surface area (Å²) in [5.41, 5.74) is 0. The molecule has 0 spiro atoms.